The molecule has 0 saturated heterocycles. The van der Waals surface area contributed by atoms with E-state index in [0.29, 0.717) is 0 Å². The van der Waals surface area contributed by atoms with Crippen molar-refractivity contribution >= 4 is 27.3 Å². The van der Waals surface area contributed by atoms with E-state index in [9.17, 15) is 0 Å². The Balaban J connectivity index is 0. The molecule has 0 heterocycles. The van der Waals surface area contributed by atoms with Gasteiger partial charge in [0.2, 0.25) is 0 Å². The number of hydrogen-bond donors (Lipinski definition) is 0. The zero-order chi connectivity index (χ0) is 0. The summed E-state index contributed by atoms with van der Waals surface area (Å²) in [4.78, 5) is 0. The Morgan fingerprint density at radius 2 is 0.308 bits per heavy atom. The summed E-state index contributed by atoms with van der Waals surface area (Å²) in [5.41, 5.74) is 0. The Kier molecular flexibility index (Phi) is 146000. The minimum Gasteiger partial charge on any atom is -0.870 e. The van der Waals surface area contributed by atoms with Gasteiger partial charge in [-0.05, 0) is 0 Å². The summed E-state index contributed by atoms with van der Waals surface area (Å²) in [5.74, 6) is 0. The zero-order valence-corrected chi connectivity index (χ0v) is 8.27. The molecule has 0 aliphatic heterocycles. The van der Waals surface area contributed by atoms with Crippen LogP contribution in [0.3, 0.4) is 0 Å². The van der Waals surface area contributed by atoms with Crippen molar-refractivity contribution in [2.45, 2.75) is 0 Å². The third-order valence-electron chi connectivity index (χ3n) is 0. The maximum absolute atomic E-state index is 0. The quantitative estimate of drug-likeness (QED) is 0.321. The van der Waals surface area contributed by atoms with Crippen LogP contribution in [0.4, 0.5) is 0 Å². The molecule has 0 spiro atoms. The second kappa shape index (κ2) is 1230. The van der Waals surface area contributed by atoms with Crippen LogP contribution in [0.15, 0.2) is 0 Å². The summed E-state index contributed by atoms with van der Waals surface area (Å²) in [6.45, 7) is 0. The molecule has 0 radical (unpaired) electrons. The molecule has 0 amide bonds. The molecule has 0 fully saturated rings. The van der Waals surface area contributed by atoms with E-state index < -0.39 is 0 Å². The Labute approximate surface area is 104 Å². The van der Waals surface area contributed by atoms with Crippen LogP contribution in [0.2, 0.25) is 0 Å². The molecule has 10 nitrogen and oxygen atoms in total. The number of rotatable bonds is 0. The predicted molar refractivity (Wildman–Crippen MR) is 40.4 cm³/mol. The van der Waals surface area contributed by atoms with Gasteiger partial charge in [0.1, 0.15) is 0 Å². The van der Waals surface area contributed by atoms with E-state index in [0.717, 1.165) is 0 Å². The molecule has 0 atom stereocenters. The molecular formula is H16AlO10PTi. The van der Waals surface area contributed by atoms with Crippen LogP contribution in [0.5, 0.6) is 0 Å². The molecule has 0 aromatic rings. The van der Waals surface area contributed by atoms with Gasteiger partial charge in [-0.25, -0.2) is 0 Å². The number of hydrogen-bond acceptors (Lipinski definition) is 10. The Morgan fingerprint density at radius 3 is 0.308 bits per heavy atom. The fourth-order valence-corrected chi connectivity index (χ4v) is 0. The molecule has 0 rings (SSSR count). The van der Waals surface area contributed by atoms with Crippen LogP contribution >= 0.6 is 9.90 Å². The van der Waals surface area contributed by atoms with Crippen LogP contribution in [0.1, 0.15) is 0 Å². The molecule has 0 saturated carbocycles. The van der Waals surface area contributed by atoms with Crippen molar-refractivity contribution < 1.29 is 76.5 Å². The second-order valence-corrected chi connectivity index (χ2v) is 0. The second-order valence-electron chi connectivity index (χ2n) is 0. The summed E-state index contributed by atoms with van der Waals surface area (Å²) < 4.78 is 0. The first-order valence-electron chi connectivity index (χ1n) is 0. The average molecular weight is 282 g/mol. The minimum absolute atomic E-state index is 0. The molecule has 0 bridgehead atoms. The fraction of sp³-hybridized carbons (Fsp3) is 0. The molecular weight excluding hydrogens is 266 g/mol. The van der Waals surface area contributed by atoms with Crippen LogP contribution in [-0.2, 0) is 21.7 Å². The minimum atomic E-state index is 0. The standard InChI is InChI=1S/Al.10H2O.H6P.Ti/h;10*1H2;1H6;/q+3;;;;;;;;;;;+3;+4/p-10. The van der Waals surface area contributed by atoms with E-state index in [1.807, 2.05) is 0 Å². The van der Waals surface area contributed by atoms with Gasteiger partial charge in [-0.3, -0.25) is 9.90 Å². The fourth-order valence-electron chi connectivity index (χ4n) is 0. The Hall–Kier alpha value is 1.28. The molecule has 0 aliphatic carbocycles. The third-order valence-corrected chi connectivity index (χ3v) is 0. The first kappa shape index (κ1) is 1540. The van der Waals surface area contributed by atoms with Gasteiger partial charge in [-0.15, -0.1) is 0 Å². The van der Waals surface area contributed by atoms with E-state index in [1.165, 1.54) is 0 Å². The Morgan fingerprint density at radius 1 is 0.308 bits per heavy atom. The van der Waals surface area contributed by atoms with Crippen molar-refractivity contribution in [3.63, 3.8) is 0 Å². The van der Waals surface area contributed by atoms with Crippen molar-refractivity contribution in [3.05, 3.63) is 0 Å². The molecule has 0 aromatic carbocycles. The smallest absolute Gasteiger partial charge is 0.870 e. The van der Waals surface area contributed by atoms with E-state index >= 15 is 0 Å². The first-order chi connectivity index (χ1) is 0. The van der Waals surface area contributed by atoms with E-state index in [-0.39, 0.29) is 104 Å². The van der Waals surface area contributed by atoms with Gasteiger partial charge in [0.25, 0.3) is 0 Å². The van der Waals surface area contributed by atoms with Gasteiger partial charge < -0.3 is 54.8 Å². The van der Waals surface area contributed by atoms with Crippen molar-refractivity contribution in [2.75, 3.05) is 0 Å². The van der Waals surface area contributed by atoms with Crippen molar-refractivity contribution in [1.82, 2.24) is 0 Å². The maximum atomic E-state index is 0. The summed E-state index contributed by atoms with van der Waals surface area (Å²) in [5, 5.41) is 0. The third kappa shape index (κ3) is 1040. The van der Waals surface area contributed by atoms with Crippen LogP contribution < -0.4 is 0 Å². The van der Waals surface area contributed by atoms with Gasteiger partial charge >= 0.3 is 39.1 Å². The zero-order valence-electron chi connectivity index (χ0n) is 5.55. The van der Waals surface area contributed by atoms with Gasteiger partial charge in [0.05, 0.1) is 0 Å². The van der Waals surface area contributed by atoms with Gasteiger partial charge in [-0.2, -0.15) is 0 Å². The van der Waals surface area contributed by atoms with E-state index in [4.69, 9.17) is 0 Å². The molecule has 0 aliphatic rings. The SMILES string of the molecule is [Al+3].[OH-].[OH-].[OH-].[OH-].[OH-].[OH-].[OH-].[OH-].[OH-].[OH-].[PH6+3].[Ti+4]. The van der Waals surface area contributed by atoms with E-state index in [2.05, 4.69) is 0 Å². The topological polar surface area (TPSA) is 300 Å². The van der Waals surface area contributed by atoms with E-state index in [1.54, 1.807) is 0 Å². The van der Waals surface area contributed by atoms with Crippen LogP contribution in [-0.4, -0.2) is 72.1 Å². The molecule has 13 heteroatoms. The van der Waals surface area contributed by atoms with Crippen LogP contribution in [0.25, 0.3) is 0 Å². The first-order valence-corrected chi connectivity index (χ1v) is 0. The molecule has 88 valence electrons. The summed E-state index contributed by atoms with van der Waals surface area (Å²) >= 11 is 0. The largest absolute Gasteiger partial charge is 4.00 e. The Bertz CT molecular complexity index is 14.9. The van der Waals surface area contributed by atoms with Crippen LogP contribution in [0, 0.1) is 0 Å². The van der Waals surface area contributed by atoms with Gasteiger partial charge in [-0.1, -0.05) is 0 Å². The molecule has 0 unspecified atom stereocenters. The molecule has 13 heavy (non-hydrogen) atoms. The summed E-state index contributed by atoms with van der Waals surface area (Å²) in [6.07, 6.45) is 0. The van der Waals surface area contributed by atoms with Crippen molar-refractivity contribution in [2.24, 2.45) is 0 Å². The van der Waals surface area contributed by atoms with Gasteiger partial charge in [0, 0.05) is 0 Å². The predicted octanol–water partition coefficient (Wildman–Crippen LogP) is -2.90. The normalized spacial score (nSPS) is 0. The average Bonchev–Trinajstić information content (AvgIpc) is 0. The van der Waals surface area contributed by atoms with Crippen molar-refractivity contribution in [3.8, 4) is 0 Å². The monoisotopic (exact) mass is 282 g/mol. The summed E-state index contributed by atoms with van der Waals surface area (Å²) in [7, 11) is 0. The molecule has 10 N–H and O–H groups in total. The summed E-state index contributed by atoms with van der Waals surface area (Å²) in [6, 6.07) is 0. The maximum Gasteiger partial charge on any atom is 4.00 e. The van der Waals surface area contributed by atoms with Gasteiger partial charge in [0.15, 0.2) is 0 Å². The molecule has 0 aromatic heterocycles. The van der Waals surface area contributed by atoms with Crippen molar-refractivity contribution in [1.29, 1.82) is 0 Å².